The summed E-state index contributed by atoms with van der Waals surface area (Å²) < 4.78 is 37.9. The Morgan fingerprint density at radius 1 is 1.19 bits per heavy atom. The second-order valence-electron chi connectivity index (χ2n) is 4.72. The molecular formula is C14H13F3N2O2. The van der Waals surface area contributed by atoms with Crippen LogP contribution in [0.1, 0.15) is 5.56 Å². The lowest BCUT2D eigenvalue weighted by Crippen LogP contribution is -2.59. The van der Waals surface area contributed by atoms with Gasteiger partial charge in [-0.3, -0.25) is 9.59 Å². The molecule has 1 heterocycles. The fourth-order valence-electron chi connectivity index (χ4n) is 2.16. The quantitative estimate of drug-likeness (QED) is 0.862. The number of hydrogen-bond donors (Lipinski definition) is 1. The molecule has 1 aromatic rings. The Labute approximate surface area is 119 Å². The van der Waals surface area contributed by atoms with Crippen LogP contribution in [0.3, 0.4) is 0 Å². The van der Waals surface area contributed by atoms with Gasteiger partial charge in [0.1, 0.15) is 12.6 Å². The largest absolute Gasteiger partial charge is 0.406 e. The van der Waals surface area contributed by atoms with E-state index in [-0.39, 0.29) is 12.1 Å². The van der Waals surface area contributed by atoms with E-state index in [0.717, 1.165) is 0 Å². The molecule has 1 aromatic carbocycles. The number of amides is 2. The summed E-state index contributed by atoms with van der Waals surface area (Å²) in [6.07, 6.45) is -4.57. The van der Waals surface area contributed by atoms with Gasteiger partial charge in [0.15, 0.2) is 0 Å². The number of rotatable bonds is 3. The monoisotopic (exact) mass is 298 g/mol. The van der Waals surface area contributed by atoms with E-state index in [1.54, 1.807) is 30.3 Å². The first kappa shape index (κ1) is 15.1. The third-order valence-corrected chi connectivity index (χ3v) is 3.09. The number of carbonyl (C=O) groups excluding carboxylic acids is 2. The SMILES string of the molecule is C=C1NC(=O)[C@@H](Cc2ccccc2)N(CC(F)(F)F)C1=O. The Balaban J connectivity index is 2.27. The molecule has 112 valence electrons. The molecule has 21 heavy (non-hydrogen) atoms. The molecule has 0 radical (unpaired) electrons. The molecule has 0 spiro atoms. The summed E-state index contributed by atoms with van der Waals surface area (Å²) in [5.74, 6) is -1.57. The number of halogens is 3. The molecule has 0 unspecified atom stereocenters. The van der Waals surface area contributed by atoms with Crippen LogP contribution < -0.4 is 5.32 Å². The Morgan fingerprint density at radius 3 is 2.38 bits per heavy atom. The van der Waals surface area contributed by atoms with Crippen LogP contribution in [-0.2, 0) is 16.0 Å². The minimum absolute atomic E-state index is 0.0156. The Morgan fingerprint density at radius 2 is 1.81 bits per heavy atom. The van der Waals surface area contributed by atoms with Crippen molar-refractivity contribution >= 4 is 11.8 Å². The van der Waals surface area contributed by atoms with Crippen LogP contribution in [0.15, 0.2) is 42.6 Å². The molecule has 1 aliphatic heterocycles. The fraction of sp³-hybridized carbons (Fsp3) is 0.286. The molecule has 4 nitrogen and oxygen atoms in total. The Bertz CT molecular complexity index is 569. The number of piperazine rings is 1. The van der Waals surface area contributed by atoms with E-state index < -0.39 is 30.6 Å². The zero-order chi connectivity index (χ0) is 15.6. The van der Waals surface area contributed by atoms with Gasteiger partial charge in [-0.05, 0) is 5.56 Å². The summed E-state index contributed by atoms with van der Waals surface area (Å²) in [6, 6.07) is 7.35. The van der Waals surface area contributed by atoms with Gasteiger partial charge in [-0.15, -0.1) is 0 Å². The van der Waals surface area contributed by atoms with Crippen LogP contribution in [0.5, 0.6) is 0 Å². The second-order valence-corrected chi connectivity index (χ2v) is 4.72. The summed E-state index contributed by atoms with van der Waals surface area (Å²) in [7, 11) is 0. The van der Waals surface area contributed by atoms with Gasteiger partial charge < -0.3 is 10.2 Å². The van der Waals surface area contributed by atoms with E-state index in [0.29, 0.717) is 10.5 Å². The molecule has 0 aliphatic carbocycles. The predicted octanol–water partition coefficient (Wildman–Crippen LogP) is 1.63. The normalized spacial score (nSPS) is 19.7. The molecule has 2 rings (SSSR count). The van der Waals surface area contributed by atoms with E-state index >= 15 is 0 Å². The lowest BCUT2D eigenvalue weighted by atomic mass is 10.0. The highest BCUT2D eigenvalue weighted by molar-refractivity contribution is 6.04. The zero-order valence-electron chi connectivity index (χ0n) is 11.0. The number of alkyl halides is 3. The van der Waals surface area contributed by atoms with Crippen molar-refractivity contribution in [2.75, 3.05) is 6.54 Å². The number of benzene rings is 1. The Kier molecular flexibility index (Phi) is 4.02. The fourth-order valence-corrected chi connectivity index (χ4v) is 2.16. The first-order valence-electron chi connectivity index (χ1n) is 6.19. The standard InChI is InChI=1S/C14H13F3N2O2/c1-9-13(21)19(8-14(15,16)17)11(12(20)18-9)7-10-5-3-2-4-6-10/h2-6,11H,1,7-8H2,(H,18,20)/t11-/m1/s1. The van der Waals surface area contributed by atoms with E-state index in [4.69, 9.17) is 0 Å². The third kappa shape index (κ3) is 3.62. The molecular weight excluding hydrogens is 285 g/mol. The van der Waals surface area contributed by atoms with Gasteiger partial charge in [0.2, 0.25) is 5.91 Å². The molecule has 0 bridgehead atoms. The number of nitrogens with zero attached hydrogens (tertiary/aromatic N) is 1. The van der Waals surface area contributed by atoms with Crippen molar-refractivity contribution in [1.82, 2.24) is 10.2 Å². The average molecular weight is 298 g/mol. The predicted molar refractivity (Wildman–Crippen MR) is 69.0 cm³/mol. The summed E-state index contributed by atoms with van der Waals surface area (Å²) in [5, 5.41) is 2.22. The lowest BCUT2D eigenvalue weighted by Gasteiger charge is -2.36. The van der Waals surface area contributed by atoms with E-state index in [1.807, 2.05) is 0 Å². The highest BCUT2D eigenvalue weighted by atomic mass is 19.4. The molecule has 0 saturated carbocycles. The maximum atomic E-state index is 12.6. The van der Waals surface area contributed by atoms with Gasteiger partial charge in [-0.1, -0.05) is 36.9 Å². The summed E-state index contributed by atoms with van der Waals surface area (Å²) in [5.41, 5.74) is 0.332. The van der Waals surface area contributed by atoms with Crippen molar-refractivity contribution in [3.8, 4) is 0 Å². The van der Waals surface area contributed by atoms with Crippen LogP contribution in [-0.4, -0.2) is 35.5 Å². The maximum Gasteiger partial charge on any atom is 0.406 e. The van der Waals surface area contributed by atoms with Gasteiger partial charge in [-0.25, -0.2) is 0 Å². The van der Waals surface area contributed by atoms with E-state index in [9.17, 15) is 22.8 Å². The molecule has 7 heteroatoms. The summed E-state index contributed by atoms with van der Waals surface area (Å²) >= 11 is 0. The highest BCUT2D eigenvalue weighted by Crippen LogP contribution is 2.23. The number of nitrogens with one attached hydrogen (secondary N) is 1. The van der Waals surface area contributed by atoms with Crippen LogP contribution in [0.4, 0.5) is 13.2 Å². The van der Waals surface area contributed by atoms with Crippen molar-refractivity contribution in [3.63, 3.8) is 0 Å². The molecule has 1 fully saturated rings. The number of carbonyl (C=O) groups is 2. The van der Waals surface area contributed by atoms with Gasteiger partial charge in [0.05, 0.1) is 5.70 Å². The van der Waals surface area contributed by atoms with Crippen LogP contribution >= 0.6 is 0 Å². The van der Waals surface area contributed by atoms with E-state index in [2.05, 4.69) is 11.9 Å². The van der Waals surface area contributed by atoms with Crippen molar-refractivity contribution in [3.05, 3.63) is 48.2 Å². The molecule has 0 aromatic heterocycles. The number of hydrogen-bond acceptors (Lipinski definition) is 2. The average Bonchev–Trinajstić information content (AvgIpc) is 2.40. The second kappa shape index (κ2) is 5.59. The van der Waals surface area contributed by atoms with Crippen LogP contribution in [0.25, 0.3) is 0 Å². The smallest absolute Gasteiger partial charge is 0.320 e. The van der Waals surface area contributed by atoms with Gasteiger partial charge in [0.25, 0.3) is 5.91 Å². The van der Waals surface area contributed by atoms with Crippen LogP contribution in [0.2, 0.25) is 0 Å². The van der Waals surface area contributed by atoms with E-state index in [1.165, 1.54) is 0 Å². The minimum atomic E-state index is -4.58. The summed E-state index contributed by atoms with van der Waals surface area (Å²) in [6.45, 7) is 1.80. The van der Waals surface area contributed by atoms with Crippen molar-refractivity contribution in [2.45, 2.75) is 18.6 Å². The molecule has 1 aliphatic rings. The molecule has 1 saturated heterocycles. The minimum Gasteiger partial charge on any atom is -0.320 e. The van der Waals surface area contributed by atoms with Crippen molar-refractivity contribution in [1.29, 1.82) is 0 Å². The highest BCUT2D eigenvalue weighted by Gasteiger charge is 2.43. The summed E-state index contributed by atoms with van der Waals surface area (Å²) in [4.78, 5) is 24.3. The van der Waals surface area contributed by atoms with Gasteiger partial charge >= 0.3 is 6.18 Å². The first-order chi connectivity index (χ1) is 9.78. The van der Waals surface area contributed by atoms with Gasteiger partial charge in [-0.2, -0.15) is 13.2 Å². The molecule has 1 atom stereocenters. The van der Waals surface area contributed by atoms with Gasteiger partial charge in [0, 0.05) is 6.42 Å². The third-order valence-electron chi connectivity index (χ3n) is 3.09. The van der Waals surface area contributed by atoms with Crippen molar-refractivity contribution in [2.24, 2.45) is 0 Å². The molecule has 2 amide bonds. The lowest BCUT2D eigenvalue weighted by molar-refractivity contribution is -0.168. The first-order valence-corrected chi connectivity index (χ1v) is 6.19. The Hall–Kier alpha value is -2.31. The van der Waals surface area contributed by atoms with Crippen LogP contribution in [0, 0.1) is 0 Å². The zero-order valence-corrected chi connectivity index (χ0v) is 11.0. The maximum absolute atomic E-state index is 12.6. The molecule has 1 N–H and O–H groups in total. The topological polar surface area (TPSA) is 49.4 Å². The van der Waals surface area contributed by atoms with Crippen molar-refractivity contribution < 1.29 is 22.8 Å².